The molecule has 1 aliphatic rings. The first-order valence-electron chi connectivity index (χ1n) is 12.0. The van der Waals surface area contributed by atoms with Crippen LogP contribution in [0.15, 0.2) is 75.7 Å². The highest BCUT2D eigenvalue weighted by molar-refractivity contribution is 7.07. The average Bonchev–Trinajstić information content (AvgIpc) is 3.22. The second-order valence-electron chi connectivity index (χ2n) is 8.72. The van der Waals surface area contributed by atoms with Crippen molar-refractivity contribution >= 4 is 39.8 Å². The number of esters is 1. The van der Waals surface area contributed by atoms with Gasteiger partial charge in [-0.25, -0.2) is 9.79 Å². The SMILES string of the molecule is CCOC(=O)C1=C(C)N=c2s/c(=C/c3cc(OC)c(O)c([N+](=O)[O-])c3)c(=O)n2[C@@H]1c1cccc2ccccc12. The summed E-state index contributed by atoms with van der Waals surface area (Å²) in [5.41, 5.74) is 0.725. The molecule has 1 atom stereocenters. The Bertz CT molecular complexity index is 1860. The van der Waals surface area contributed by atoms with E-state index in [1.165, 1.54) is 23.8 Å². The van der Waals surface area contributed by atoms with Gasteiger partial charge < -0.3 is 14.6 Å². The van der Waals surface area contributed by atoms with Crippen molar-refractivity contribution in [2.75, 3.05) is 13.7 Å². The van der Waals surface area contributed by atoms with Crippen molar-refractivity contribution in [1.29, 1.82) is 0 Å². The van der Waals surface area contributed by atoms with Gasteiger partial charge in [-0.1, -0.05) is 53.8 Å². The van der Waals surface area contributed by atoms with Crippen molar-refractivity contribution in [3.63, 3.8) is 0 Å². The number of hydrogen-bond donors (Lipinski definition) is 1. The largest absolute Gasteiger partial charge is 0.500 e. The van der Waals surface area contributed by atoms with Crippen LogP contribution in [0.3, 0.4) is 0 Å². The fraction of sp³-hybridized carbons (Fsp3) is 0.179. The lowest BCUT2D eigenvalue weighted by Crippen LogP contribution is -2.40. The Labute approximate surface area is 225 Å². The van der Waals surface area contributed by atoms with E-state index in [0.717, 1.165) is 33.7 Å². The van der Waals surface area contributed by atoms with E-state index in [0.29, 0.717) is 10.5 Å². The number of aromatic nitrogens is 1. The van der Waals surface area contributed by atoms with Crippen LogP contribution in [-0.2, 0) is 9.53 Å². The second kappa shape index (κ2) is 10.2. The van der Waals surface area contributed by atoms with Crippen LogP contribution in [0.5, 0.6) is 11.5 Å². The zero-order valence-corrected chi connectivity index (χ0v) is 22.0. The van der Waals surface area contributed by atoms with Crippen molar-refractivity contribution in [1.82, 2.24) is 4.57 Å². The first-order chi connectivity index (χ1) is 18.7. The monoisotopic (exact) mass is 545 g/mol. The lowest BCUT2D eigenvalue weighted by Gasteiger charge is -2.25. The van der Waals surface area contributed by atoms with Gasteiger partial charge in [-0.3, -0.25) is 19.5 Å². The smallest absolute Gasteiger partial charge is 0.338 e. The summed E-state index contributed by atoms with van der Waals surface area (Å²) >= 11 is 1.09. The molecule has 1 aliphatic heterocycles. The van der Waals surface area contributed by atoms with Crippen LogP contribution in [-0.4, -0.2) is 34.3 Å². The standard InChI is InChI=1S/C28H23N3O7S/c1-4-38-27(34)23-15(2)29-28-30(24(23)19-11-7-9-17-8-5-6-10-18(17)19)26(33)22(39-28)14-16-12-20(31(35)36)25(32)21(13-16)37-3/h5-14,24,32H,4H2,1-3H3/b22-14+/t24-/m1/s1. The molecule has 2 heterocycles. The highest BCUT2D eigenvalue weighted by Crippen LogP contribution is 2.37. The van der Waals surface area contributed by atoms with Crippen LogP contribution in [0.25, 0.3) is 16.8 Å². The Hall–Kier alpha value is -4.77. The minimum Gasteiger partial charge on any atom is -0.500 e. The number of hydrogen-bond acceptors (Lipinski definition) is 9. The highest BCUT2D eigenvalue weighted by atomic mass is 32.1. The Morgan fingerprint density at radius 2 is 1.97 bits per heavy atom. The molecule has 10 nitrogen and oxygen atoms in total. The number of phenols is 1. The minimum absolute atomic E-state index is 0.0997. The molecule has 198 valence electrons. The van der Waals surface area contributed by atoms with E-state index < -0.39 is 33.9 Å². The number of nitrogens with zero attached hydrogens (tertiary/aromatic N) is 3. The molecule has 4 aromatic rings. The van der Waals surface area contributed by atoms with E-state index in [1.807, 2.05) is 42.5 Å². The summed E-state index contributed by atoms with van der Waals surface area (Å²) in [6.07, 6.45) is 1.47. The number of phenolic OH excluding ortho intramolecular Hbond substituents is 1. The molecular weight excluding hydrogens is 522 g/mol. The molecule has 0 saturated carbocycles. The van der Waals surface area contributed by atoms with E-state index in [4.69, 9.17) is 9.47 Å². The zero-order chi connectivity index (χ0) is 27.8. The number of carbonyl (C=O) groups is 1. The Morgan fingerprint density at radius 1 is 1.23 bits per heavy atom. The van der Waals surface area contributed by atoms with E-state index in [2.05, 4.69) is 4.99 Å². The molecule has 0 fully saturated rings. The number of carbonyl (C=O) groups excluding carboxylic acids is 1. The Morgan fingerprint density at radius 3 is 2.69 bits per heavy atom. The van der Waals surface area contributed by atoms with Crippen LogP contribution < -0.4 is 19.6 Å². The first-order valence-corrected chi connectivity index (χ1v) is 12.8. The molecule has 0 aliphatic carbocycles. The van der Waals surface area contributed by atoms with E-state index in [-0.39, 0.29) is 28.0 Å². The fourth-order valence-electron chi connectivity index (χ4n) is 4.72. The van der Waals surface area contributed by atoms with Gasteiger partial charge in [0.05, 0.1) is 40.5 Å². The van der Waals surface area contributed by atoms with E-state index in [1.54, 1.807) is 13.8 Å². The molecule has 0 saturated heterocycles. The van der Waals surface area contributed by atoms with Gasteiger partial charge in [0.1, 0.15) is 0 Å². The summed E-state index contributed by atoms with van der Waals surface area (Å²) in [6.45, 7) is 3.57. The van der Waals surface area contributed by atoms with Gasteiger partial charge in [0, 0.05) is 6.07 Å². The Balaban J connectivity index is 1.79. The van der Waals surface area contributed by atoms with Gasteiger partial charge in [-0.15, -0.1) is 0 Å². The van der Waals surface area contributed by atoms with Crippen LogP contribution in [0, 0.1) is 10.1 Å². The summed E-state index contributed by atoms with van der Waals surface area (Å²) in [5.74, 6) is -1.27. The molecule has 3 aromatic carbocycles. The van der Waals surface area contributed by atoms with Crippen molar-refractivity contribution in [2.45, 2.75) is 19.9 Å². The Kier molecular flexibility index (Phi) is 6.75. The van der Waals surface area contributed by atoms with Gasteiger partial charge in [0.15, 0.2) is 10.6 Å². The maximum atomic E-state index is 13.9. The predicted octanol–water partition coefficient (Wildman–Crippen LogP) is 3.57. The third kappa shape index (κ3) is 4.46. The third-order valence-corrected chi connectivity index (χ3v) is 7.41. The van der Waals surface area contributed by atoms with Crippen molar-refractivity contribution < 1.29 is 24.3 Å². The molecule has 5 rings (SSSR count). The predicted molar refractivity (Wildman–Crippen MR) is 146 cm³/mol. The number of ether oxygens (including phenoxy) is 2. The minimum atomic E-state index is -0.808. The highest BCUT2D eigenvalue weighted by Gasteiger charge is 2.34. The molecular formula is C28H23N3O7S. The molecule has 11 heteroatoms. The van der Waals surface area contributed by atoms with Gasteiger partial charge in [0.25, 0.3) is 5.56 Å². The van der Waals surface area contributed by atoms with Gasteiger partial charge in [-0.2, -0.15) is 0 Å². The van der Waals surface area contributed by atoms with Gasteiger partial charge in [-0.05, 0) is 47.9 Å². The molecule has 0 radical (unpaired) electrons. The number of methoxy groups -OCH3 is 1. The molecule has 1 N–H and O–H groups in total. The molecule has 1 aromatic heterocycles. The van der Waals surface area contributed by atoms with Crippen molar-refractivity contribution in [3.8, 4) is 11.5 Å². The van der Waals surface area contributed by atoms with Crippen LogP contribution >= 0.6 is 11.3 Å². The quantitative estimate of drug-likeness (QED) is 0.222. The topological polar surface area (TPSA) is 133 Å². The normalized spacial score (nSPS) is 15.2. The number of thiazole rings is 1. The summed E-state index contributed by atoms with van der Waals surface area (Å²) in [5, 5.41) is 23.4. The number of rotatable bonds is 6. The van der Waals surface area contributed by atoms with E-state index >= 15 is 0 Å². The second-order valence-corrected chi connectivity index (χ2v) is 9.73. The summed E-state index contributed by atoms with van der Waals surface area (Å²) < 4.78 is 12.2. The van der Waals surface area contributed by atoms with Crippen molar-refractivity contribution in [2.24, 2.45) is 4.99 Å². The molecule has 0 spiro atoms. The summed E-state index contributed by atoms with van der Waals surface area (Å²) in [7, 11) is 1.28. The third-order valence-electron chi connectivity index (χ3n) is 6.43. The van der Waals surface area contributed by atoms with E-state index in [9.17, 15) is 24.8 Å². The average molecular weight is 546 g/mol. The molecule has 0 unspecified atom stereocenters. The van der Waals surface area contributed by atoms with Crippen LogP contribution in [0.2, 0.25) is 0 Å². The lowest BCUT2D eigenvalue weighted by molar-refractivity contribution is -0.386. The van der Waals surface area contributed by atoms with Gasteiger partial charge >= 0.3 is 11.7 Å². The van der Waals surface area contributed by atoms with Crippen LogP contribution in [0.4, 0.5) is 5.69 Å². The van der Waals surface area contributed by atoms with Crippen LogP contribution in [0.1, 0.15) is 31.0 Å². The number of nitro benzene ring substituents is 1. The summed E-state index contributed by atoms with van der Waals surface area (Å²) in [4.78, 5) is 42.8. The lowest BCUT2D eigenvalue weighted by atomic mass is 9.91. The van der Waals surface area contributed by atoms with Gasteiger partial charge in [0.2, 0.25) is 5.75 Å². The van der Waals surface area contributed by atoms with Crippen molar-refractivity contribution in [3.05, 3.63) is 107 Å². The maximum absolute atomic E-state index is 13.9. The number of benzene rings is 3. The number of aromatic hydroxyl groups is 1. The fourth-order valence-corrected chi connectivity index (χ4v) is 5.76. The summed E-state index contributed by atoms with van der Waals surface area (Å²) in [6, 6.07) is 15.1. The number of fused-ring (bicyclic) bond motifs is 2. The molecule has 0 amide bonds. The molecule has 39 heavy (non-hydrogen) atoms. The maximum Gasteiger partial charge on any atom is 0.338 e. The number of nitro groups is 1. The zero-order valence-electron chi connectivity index (χ0n) is 21.2. The number of allylic oxidation sites excluding steroid dienone is 1. The first kappa shape index (κ1) is 25.9. The molecule has 0 bridgehead atoms.